The highest BCUT2D eigenvalue weighted by Gasteiger charge is 2.05. The van der Waals surface area contributed by atoms with E-state index in [0.29, 0.717) is 12.5 Å². The zero-order valence-corrected chi connectivity index (χ0v) is 12.2. The topological polar surface area (TPSA) is 9.23 Å². The first kappa shape index (κ1) is 13.7. The summed E-state index contributed by atoms with van der Waals surface area (Å²) in [5, 5.41) is 0. The van der Waals surface area contributed by atoms with Crippen molar-refractivity contribution in [1.29, 1.82) is 0 Å². The summed E-state index contributed by atoms with van der Waals surface area (Å²) in [7, 11) is 0. The zero-order chi connectivity index (χ0) is 13.8. The molecule has 0 saturated heterocycles. The molecule has 0 spiro atoms. The SMILES string of the molecule is Cc1ccc(COc2cc(C(C)C)ccc2C)cc1. The summed E-state index contributed by atoms with van der Waals surface area (Å²) in [6.07, 6.45) is 0. The maximum atomic E-state index is 5.95. The van der Waals surface area contributed by atoms with Crippen LogP contribution in [0.25, 0.3) is 0 Å². The van der Waals surface area contributed by atoms with Crippen LogP contribution in [0.3, 0.4) is 0 Å². The van der Waals surface area contributed by atoms with Crippen molar-refractivity contribution in [3.8, 4) is 5.75 Å². The second-order valence-corrected chi connectivity index (χ2v) is 5.45. The molecule has 0 aliphatic rings. The molecule has 2 rings (SSSR count). The summed E-state index contributed by atoms with van der Waals surface area (Å²) in [4.78, 5) is 0. The van der Waals surface area contributed by atoms with E-state index >= 15 is 0 Å². The molecule has 0 unspecified atom stereocenters. The lowest BCUT2D eigenvalue weighted by Crippen LogP contribution is -1.98. The van der Waals surface area contributed by atoms with Gasteiger partial charge in [-0.2, -0.15) is 0 Å². The van der Waals surface area contributed by atoms with Crippen molar-refractivity contribution in [3.63, 3.8) is 0 Å². The van der Waals surface area contributed by atoms with Crippen LogP contribution in [-0.4, -0.2) is 0 Å². The van der Waals surface area contributed by atoms with Gasteiger partial charge in [-0.15, -0.1) is 0 Å². The van der Waals surface area contributed by atoms with Crippen LogP contribution < -0.4 is 4.74 Å². The van der Waals surface area contributed by atoms with Gasteiger partial charge in [-0.25, -0.2) is 0 Å². The van der Waals surface area contributed by atoms with Crippen LogP contribution in [0.4, 0.5) is 0 Å². The van der Waals surface area contributed by atoms with Crippen molar-refractivity contribution in [2.45, 2.75) is 40.2 Å². The molecule has 0 heterocycles. The number of hydrogen-bond donors (Lipinski definition) is 0. The van der Waals surface area contributed by atoms with Crippen LogP contribution in [0, 0.1) is 13.8 Å². The highest BCUT2D eigenvalue weighted by atomic mass is 16.5. The Morgan fingerprint density at radius 1 is 0.947 bits per heavy atom. The van der Waals surface area contributed by atoms with Gasteiger partial charge in [0.05, 0.1) is 0 Å². The Bertz CT molecular complexity index is 538. The minimum atomic E-state index is 0.530. The highest BCUT2D eigenvalue weighted by molar-refractivity contribution is 5.38. The molecule has 1 nitrogen and oxygen atoms in total. The molecule has 1 heteroatoms. The Morgan fingerprint density at radius 2 is 1.63 bits per heavy atom. The fourth-order valence-corrected chi connectivity index (χ4v) is 1.98. The summed E-state index contributed by atoms with van der Waals surface area (Å²) >= 11 is 0. The van der Waals surface area contributed by atoms with Crippen LogP contribution in [0.2, 0.25) is 0 Å². The maximum Gasteiger partial charge on any atom is 0.122 e. The fourth-order valence-electron chi connectivity index (χ4n) is 1.98. The van der Waals surface area contributed by atoms with E-state index in [0.717, 1.165) is 5.75 Å². The molecule has 2 aromatic rings. The fraction of sp³-hybridized carbons (Fsp3) is 0.333. The molecule has 0 N–H and O–H groups in total. The van der Waals surface area contributed by atoms with Gasteiger partial charge in [0.25, 0.3) is 0 Å². The lowest BCUT2D eigenvalue weighted by molar-refractivity contribution is 0.303. The number of aryl methyl sites for hydroxylation is 2. The molecule has 0 radical (unpaired) electrons. The van der Waals surface area contributed by atoms with Crippen LogP contribution in [0.5, 0.6) is 5.75 Å². The van der Waals surface area contributed by atoms with Gasteiger partial charge in [0.2, 0.25) is 0 Å². The van der Waals surface area contributed by atoms with Crippen molar-refractivity contribution in [1.82, 2.24) is 0 Å². The second kappa shape index (κ2) is 5.92. The summed E-state index contributed by atoms with van der Waals surface area (Å²) in [6.45, 7) is 9.22. The normalized spacial score (nSPS) is 10.8. The number of benzene rings is 2. The van der Waals surface area contributed by atoms with Gasteiger partial charge in [-0.3, -0.25) is 0 Å². The van der Waals surface area contributed by atoms with Gasteiger partial charge >= 0.3 is 0 Å². The predicted molar refractivity (Wildman–Crippen MR) is 80.8 cm³/mol. The monoisotopic (exact) mass is 254 g/mol. The predicted octanol–water partition coefficient (Wildman–Crippen LogP) is 5.01. The molecule has 0 bridgehead atoms. The van der Waals surface area contributed by atoms with Crippen molar-refractivity contribution >= 4 is 0 Å². The Kier molecular flexibility index (Phi) is 4.26. The molecule has 0 aliphatic carbocycles. The Balaban J connectivity index is 2.10. The molecule has 0 amide bonds. The van der Waals surface area contributed by atoms with E-state index in [9.17, 15) is 0 Å². The van der Waals surface area contributed by atoms with Gasteiger partial charge in [0, 0.05) is 0 Å². The molecule has 100 valence electrons. The third kappa shape index (κ3) is 3.60. The van der Waals surface area contributed by atoms with Gasteiger partial charge in [-0.05, 0) is 42.5 Å². The van der Waals surface area contributed by atoms with Crippen LogP contribution in [0.15, 0.2) is 42.5 Å². The van der Waals surface area contributed by atoms with Crippen LogP contribution in [0.1, 0.15) is 42.0 Å². The lowest BCUT2D eigenvalue weighted by atomic mass is 10.0. The number of ether oxygens (including phenoxy) is 1. The summed E-state index contributed by atoms with van der Waals surface area (Å²) in [6, 6.07) is 15.0. The average Bonchev–Trinajstić information content (AvgIpc) is 2.39. The van der Waals surface area contributed by atoms with Crippen LogP contribution in [-0.2, 0) is 6.61 Å². The molecule has 0 aromatic heterocycles. The molecule has 0 aliphatic heterocycles. The summed E-state index contributed by atoms with van der Waals surface area (Å²) in [5.74, 6) is 1.52. The first-order valence-electron chi connectivity index (χ1n) is 6.85. The number of rotatable bonds is 4. The molecular weight excluding hydrogens is 232 g/mol. The quantitative estimate of drug-likeness (QED) is 0.745. The van der Waals surface area contributed by atoms with Crippen molar-refractivity contribution < 1.29 is 4.74 Å². The Hall–Kier alpha value is -1.76. The smallest absolute Gasteiger partial charge is 0.122 e. The van der Waals surface area contributed by atoms with Crippen molar-refractivity contribution in [2.75, 3.05) is 0 Å². The van der Waals surface area contributed by atoms with E-state index < -0.39 is 0 Å². The van der Waals surface area contributed by atoms with E-state index in [1.165, 1.54) is 22.3 Å². The van der Waals surface area contributed by atoms with Gasteiger partial charge in [-0.1, -0.05) is 55.8 Å². The Morgan fingerprint density at radius 3 is 2.26 bits per heavy atom. The minimum Gasteiger partial charge on any atom is -0.489 e. The largest absolute Gasteiger partial charge is 0.489 e. The first-order valence-corrected chi connectivity index (χ1v) is 6.85. The van der Waals surface area contributed by atoms with Crippen molar-refractivity contribution in [3.05, 3.63) is 64.7 Å². The van der Waals surface area contributed by atoms with Gasteiger partial charge in [0.15, 0.2) is 0 Å². The maximum absolute atomic E-state index is 5.95. The molecule has 2 aromatic carbocycles. The van der Waals surface area contributed by atoms with Gasteiger partial charge in [0.1, 0.15) is 12.4 Å². The van der Waals surface area contributed by atoms with E-state index in [1.807, 2.05) is 0 Å². The van der Waals surface area contributed by atoms with E-state index in [-0.39, 0.29) is 0 Å². The third-order valence-corrected chi connectivity index (χ3v) is 3.39. The van der Waals surface area contributed by atoms with Gasteiger partial charge < -0.3 is 4.74 Å². The molecule has 19 heavy (non-hydrogen) atoms. The third-order valence-electron chi connectivity index (χ3n) is 3.39. The minimum absolute atomic E-state index is 0.530. The first-order chi connectivity index (χ1) is 9.06. The standard InChI is InChI=1S/C18H22O/c1-13(2)17-10-7-15(4)18(11-17)19-12-16-8-5-14(3)6-9-16/h5-11,13H,12H2,1-4H3. The van der Waals surface area contributed by atoms with E-state index in [1.54, 1.807) is 0 Å². The Labute approximate surface area is 116 Å². The average molecular weight is 254 g/mol. The molecule has 0 atom stereocenters. The van der Waals surface area contributed by atoms with E-state index in [4.69, 9.17) is 4.74 Å². The lowest BCUT2D eigenvalue weighted by Gasteiger charge is -2.13. The van der Waals surface area contributed by atoms with Crippen LogP contribution >= 0.6 is 0 Å². The number of hydrogen-bond acceptors (Lipinski definition) is 1. The summed E-state index contributed by atoms with van der Waals surface area (Å²) < 4.78 is 5.95. The molecule has 0 fully saturated rings. The zero-order valence-electron chi connectivity index (χ0n) is 12.2. The molecule has 0 saturated carbocycles. The van der Waals surface area contributed by atoms with Crippen molar-refractivity contribution in [2.24, 2.45) is 0 Å². The second-order valence-electron chi connectivity index (χ2n) is 5.45. The van der Waals surface area contributed by atoms with E-state index in [2.05, 4.69) is 70.2 Å². The highest BCUT2D eigenvalue weighted by Crippen LogP contribution is 2.25. The summed E-state index contributed by atoms with van der Waals surface area (Å²) in [5.41, 5.74) is 5.00. The molecular formula is C18H22O.